The Hall–Kier alpha value is -2.35. The summed E-state index contributed by atoms with van der Waals surface area (Å²) in [6, 6.07) is 4.29. The number of carbonyl (C=O) groups is 2. The number of hydrogen-bond acceptors (Lipinski definition) is 5. The van der Waals surface area contributed by atoms with Crippen LogP contribution in [0.1, 0.15) is 0 Å². The summed E-state index contributed by atoms with van der Waals surface area (Å²) in [5.41, 5.74) is 2.44. The molecule has 0 aliphatic carbocycles. The van der Waals surface area contributed by atoms with Crippen molar-refractivity contribution in [1.29, 1.82) is 0 Å². The van der Waals surface area contributed by atoms with E-state index in [1.165, 1.54) is 25.3 Å². The molecule has 0 spiro atoms. The highest BCUT2D eigenvalue weighted by atomic mass is 19.1. The minimum Gasteiger partial charge on any atom is -0.497 e. The number of anilines is 1. The van der Waals surface area contributed by atoms with Crippen LogP contribution in [0.5, 0.6) is 5.75 Å². The SMILES string of the molecule is COc1ccc(F)c(NN)c1.O=C(O)C(=O)O. The van der Waals surface area contributed by atoms with Crippen molar-refractivity contribution in [1.82, 2.24) is 0 Å². The van der Waals surface area contributed by atoms with Crippen LogP contribution in [-0.4, -0.2) is 29.3 Å². The second-order valence-electron chi connectivity index (χ2n) is 2.60. The molecule has 0 bridgehead atoms. The molecule has 0 radical (unpaired) electrons. The van der Waals surface area contributed by atoms with E-state index in [1.54, 1.807) is 0 Å². The molecule has 17 heavy (non-hydrogen) atoms. The summed E-state index contributed by atoms with van der Waals surface area (Å²) in [7, 11) is 1.51. The normalized spacial score (nSPS) is 8.65. The first-order valence-corrected chi connectivity index (χ1v) is 4.18. The molecule has 0 aromatic heterocycles. The van der Waals surface area contributed by atoms with Crippen LogP contribution in [0.25, 0.3) is 0 Å². The van der Waals surface area contributed by atoms with Crippen molar-refractivity contribution >= 4 is 17.6 Å². The topological polar surface area (TPSA) is 122 Å². The lowest BCUT2D eigenvalue weighted by atomic mass is 10.3. The highest BCUT2D eigenvalue weighted by Gasteiger charge is 2.04. The van der Waals surface area contributed by atoms with Crippen LogP contribution in [-0.2, 0) is 9.59 Å². The van der Waals surface area contributed by atoms with Gasteiger partial charge in [-0.05, 0) is 12.1 Å². The summed E-state index contributed by atoms with van der Waals surface area (Å²) in [5.74, 6) is 1.55. The van der Waals surface area contributed by atoms with Gasteiger partial charge in [-0.3, -0.25) is 5.84 Å². The Morgan fingerprint density at radius 2 is 1.88 bits per heavy atom. The van der Waals surface area contributed by atoms with E-state index in [0.717, 1.165) is 0 Å². The standard InChI is InChI=1S/C7H9FN2O.C2H2O4/c1-11-5-2-3-6(8)7(4-5)10-9;3-1(4)2(5)6/h2-4,10H,9H2,1H3;(H,3,4)(H,5,6). The number of nitrogens with one attached hydrogen (secondary N) is 1. The fourth-order valence-electron chi connectivity index (χ4n) is 0.742. The van der Waals surface area contributed by atoms with Crippen LogP contribution in [0.3, 0.4) is 0 Å². The molecule has 0 unspecified atom stereocenters. The van der Waals surface area contributed by atoms with E-state index >= 15 is 0 Å². The smallest absolute Gasteiger partial charge is 0.414 e. The average Bonchev–Trinajstić information content (AvgIpc) is 2.30. The van der Waals surface area contributed by atoms with E-state index in [1.807, 2.05) is 0 Å². The molecule has 94 valence electrons. The van der Waals surface area contributed by atoms with E-state index in [4.69, 9.17) is 30.4 Å². The fraction of sp³-hybridized carbons (Fsp3) is 0.111. The molecule has 0 atom stereocenters. The predicted octanol–water partition coefficient (Wildman–Crippen LogP) is 0.276. The Kier molecular flexibility index (Phi) is 6.04. The summed E-state index contributed by atoms with van der Waals surface area (Å²) in [4.78, 5) is 18.2. The molecule has 1 aromatic rings. The number of benzene rings is 1. The molecule has 1 aromatic carbocycles. The van der Waals surface area contributed by atoms with Gasteiger partial charge in [0.15, 0.2) is 0 Å². The van der Waals surface area contributed by atoms with Crippen molar-refractivity contribution in [3.8, 4) is 5.75 Å². The molecule has 0 saturated carbocycles. The Morgan fingerprint density at radius 3 is 2.24 bits per heavy atom. The number of ether oxygens (including phenoxy) is 1. The van der Waals surface area contributed by atoms with Gasteiger partial charge in [-0.15, -0.1) is 0 Å². The maximum atomic E-state index is 12.7. The van der Waals surface area contributed by atoms with E-state index in [9.17, 15) is 4.39 Å². The third-order valence-electron chi connectivity index (χ3n) is 1.51. The first-order valence-electron chi connectivity index (χ1n) is 4.18. The zero-order valence-electron chi connectivity index (χ0n) is 8.81. The maximum Gasteiger partial charge on any atom is 0.414 e. The van der Waals surface area contributed by atoms with E-state index in [2.05, 4.69) is 5.43 Å². The van der Waals surface area contributed by atoms with Gasteiger partial charge in [0.1, 0.15) is 11.6 Å². The molecule has 8 heteroatoms. The van der Waals surface area contributed by atoms with Crippen molar-refractivity contribution in [3.63, 3.8) is 0 Å². The van der Waals surface area contributed by atoms with Crippen LogP contribution in [0.4, 0.5) is 10.1 Å². The molecule has 0 fully saturated rings. The highest BCUT2D eigenvalue weighted by molar-refractivity contribution is 6.27. The molecule has 0 saturated heterocycles. The summed E-state index contributed by atoms with van der Waals surface area (Å²) < 4.78 is 17.6. The first-order chi connectivity index (χ1) is 7.92. The number of nitrogen functional groups attached to an aromatic ring is 1. The predicted molar refractivity (Wildman–Crippen MR) is 56.0 cm³/mol. The number of hydrazine groups is 1. The Labute approximate surface area is 95.6 Å². The fourth-order valence-corrected chi connectivity index (χ4v) is 0.742. The Balaban J connectivity index is 0.000000366. The number of methoxy groups -OCH3 is 1. The van der Waals surface area contributed by atoms with Crippen LogP contribution in [0.15, 0.2) is 18.2 Å². The molecule has 0 heterocycles. The van der Waals surface area contributed by atoms with Crippen molar-refractivity contribution in [2.24, 2.45) is 5.84 Å². The number of nitrogens with two attached hydrogens (primary N) is 1. The zero-order chi connectivity index (χ0) is 13.4. The van der Waals surface area contributed by atoms with Gasteiger partial charge in [0, 0.05) is 6.07 Å². The van der Waals surface area contributed by atoms with Crippen LogP contribution >= 0.6 is 0 Å². The van der Waals surface area contributed by atoms with E-state index < -0.39 is 17.8 Å². The van der Waals surface area contributed by atoms with Gasteiger partial charge in [0.25, 0.3) is 0 Å². The van der Waals surface area contributed by atoms with Crippen molar-refractivity contribution < 1.29 is 28.9 Å². The molecule has 7 nitrogen and oxygen atoms in total. The quantitative estimate of drug-likeness (QED) is 0.335. The number of hydrogen-bond donors (Lipinski definition) is 4. The van der Waals surface area contributed by atoms with Gasteiger partial charge >= 0.3 is 11.9 Å². The number of carboxylic acid groups (broad SMARTS) is 2. The first kappa shape index (κ1) is 14.7. The number of aliphatic carboxylic acids is 2. The lowest BCUT2D eigenvalue weighted by Gasteiger charge is -2.03. The van der Waals surface area contributed by atoms with Gasteiger partial charge in [0.05, 0.1) is 12.8 Å². The monoisotopic (exact) mass is 246 g/mol. The van der Waals surface area contributed by atoms with Gasteiger partial charge in [-0.1, -0.05) is 0 Å². The molecule has 0 aliphatic heterocycles. The lowest BCUT2D eigenvalue weighted by molar-refractivity contribution is -0.159. The molecule has 5 N–H and O–H groups in total. The van der Waals surface area contributed by atoms with Crippen LogP contribution in [0.2, 0.25) is 0 Å². The lowest BCUT2D eigenvalue weighted by Crippen LogP contribution is -2.09. The van der Waals surface area contributed by atoms with Crippen molar-refractivity contribution in [2.75, 3.05) is 12.5 Å². The Bertz CT molecular complexity index is 398. The van der Waals surface area contributed by atoms with Crippen LogP contribution < -0.4 is 16.0 Å². The molecular weight excluding hydrogens is 235 g/mol. The van der Waals surface area contributed by atoms with Gasteiger partial charge in [-0.25, -0.2) is 14.0 Å². The zero-order valence-corrected chi connectivity index (χ0v) is 8.81. The van der Waals surface area contributed by atoms with E-state index in [-0.39, 0.29) is 5.69 Å². The minimum absolute atomic E-state index is 0.226. The van der Waals surface area contributed by atoms with Gasteiger partial charge in [0.2, 0.25) is 0 Å². The molecule has 0 aliphatic rings. The summed E-state index contributed by atoms with van der Waals surface area (Å²) >= 11 is 0. The van der Waals surface area contributed by atoms with Gasteiger partial charge < -0.3 is 20.4 Å². The second kappa shape index (κ2) is 7.01. The van der Waals surface area contributed by atoms with E-state index in [0.29, 0.717) is 5.75 Å². The Morgan fingerprint density at radius 1 is 1.35 bits per heavy atom. The third-order valence-corrected chi connectivity index (χ3v) is 1.51. The molecular formula is C9H11FN2O5. The largest absolute Gasteiger partial charge is 0.497 e. The highest BCUT2D eigenvalue weighted by Crippen LogP contribution is 2.19. The number of rotatable bonds is 2. The van der Waals surface area contributed by atoms with Crippen LogP contribution in [0, 0.1) is 5.82 Å². The third kappa shape index (κ3) is 5.33. The number of carboxylic acids is 2. The maximum absolute atomic E-state index is 12.7. The summed E-state index contributed by atoms with van der Waals surface area (Å²) in [6.07, 6.45) is 0. The molecule has 1 rings (SSSR count). The van der Waals surface area contributed by atoms with Crippen molar-refractivity contribution in [2.45, 2.75) is 0 Å². The summed E-state index contributed by atoms with van der Waals surface area (Å²) in [6.45, 7) is 0. The molecule has 0 amide bonds. The van der Waals surface area contributed by atoms with Crippen molar-refractivity contribution in [3.05, 3.63) is 24.0 Å². The summed E-state index contributed by atoms with van der Waals surface area (Å²) in [5, 5.41) is 14.8. The van der Waals surface area contributed by atoms with Gasteiger partial charge in [-0.2, -0.15) is 0 Å². The average molecular weight is 246 g/mol. The minimum atomic E-state index is -1.82. The second-order valence-corrected chi connectivity index (χ2v) is 2.60. The number of halogens is 1.